The van der Waals surface area contributed by atoms with Gasteiger partial charge >= 0.3 is 5.97 Å². The van der Waals surface area contributed by atoms with Crippen molar-refractivity contribution in [1.29, 1.82) is 0 Å². The number of carbonyl (C=O) groups excluding carboxylic acids is 1. The second-order valence-electron chi connectivity index (χ2n) is 3.10. The molecule has 0 saturated heterocycles. The van der Waals surface area contributed by atoms with Crippen LogP contribution in [0, 0.1) is 0 Å². The lowest BCUT2D eigenvalue weighted by Crippen LogP contribution is -2.29. The molecule has 0 aliphatic carbocycles. The monoisotopic (exact) mass is 230 g/mol. The number of hydrogen-bond donors (Lipinski definition) is 3. The zero-order valence-corrected chi connectivity index (χ0v) is 8.79. The fraction of sp³-hybridized carbons (Fsp3) is 0.500. The summed E-state index contributed by atoms with van der Waals surface area (Å²) in [6.45, 7) is 1.39. The molecule has 0 radical (unpaired) electrons. The zero-order valence-electron chi connectivity index (χ0n) is 8.79. The van der Waals surface area contributed by atoms with Gasteiger partial charge in [-0.05, 0) is 19.1 Å². The van der Waals surface area contributed by atoms with Crippen LogP contribution in [-0.2, 0) is 16.1 Å². The number of furan rings is 1. The first-order chi connectivity index (χ1) is 7.60. The molecule has 2 unspecified atom stereocenters. The molecule has 0 amide bonds. The zero-order chi connectivity index (χ0) is 12.1. The summed E-state index contributed by atoms with van der Waals surface area (Å²) in [6.07, 6.45) is -3.20. The standard InChI is InChI=1S/C10H14O6/c1-2-15-10(14)9(13)8(12)7-4-3-6(5-11)16-7/h3-4,8-9,11-13H,2,5H2,1H3. The van der Waals surface area contributed by atoms with E-state index in [4.69, 9.17) is 9.52 Å². The lowest BCUT2D eigenvalue weighted by molar-refractivity contribution is -0.160. The van der Waals surface area contributed by atoms with Gasteiger partial charge in [-0.2, -0.15) is 0 Å². The number of ether oxygens (including phenoxy) is 1. The molecule has 6 heteroatoms. The van der Waals surface area contributed by atoms with Gasteiger partial charge in [0.2, 0.25) is 0 Å². The quantitative estimate of drug-likeness (QED) is 0.602. The van der Waals surface area contributed by atoms with E-state index in [0.29, 0.717) is 0 Å². The second kappa shape index (κ2) is 5.64. The number of rotatable bonds is 5. The Morgan fingerprint density at radius 1 is 1.50 bits per heavy atom. The Balaban J connectivity index is 2.69. The Hall–Kier alpha value is -1.37. The molecule has 16 heavy (non-hydrogen) atoms. The average Bonchev–Trinajstić information content (AvgIpc) is 2.75. The second-order valence-corrected chi connectivity index (χ2v) is 3.10. The molecule has 0 fully saturated rings. The maximum Gasteiger partial charge on any atom is 0.338 e. The van der Waals surface area contributed by atoms with Gasteiger partial charge in [0.15, 0.2) is 6.10 Å². The summed E-state index contributed by atoms with van der Waals surface area (Å²) in [4.78, 5) is 11.1. The highest BCUT2D eigenvalue weighted by Gasteiger charge is 2.29. The highest BCUT2D eigenvalue weighted by atomic mass is 16.5. The average molecular weight is 230 g/mol. The first-order valence-corrected chi connectivity index (χ1v) is 4.82. The first kappa shape index (κ1) is 12.7. The third-order valence-electron chi connectivity index (χ3n) is 1.96. The van der Waals surface area contributed by atoms with E-state index >= 15 is 0 Å². The van der Waals surface area contributed by atoms with Gasteiger partial charge in [-0.3, -0.25) is 0 Å². The SMILES string of the molecule is CCOC(=O)C(O)C(O)c1ccc(CO)o1. The van der Waals surface area contributed by atoms with Crippen LogP contribution in [0.25, 0.3) is 0 Å². The van der Waals surface area contributed by atoms with Crippen LogP contribution in [0.2, 0.25) is 0 Å². The summed E-state index contributed by atoms with van der Waals surface area (Å²) in [5.74, 6) is -0.674. The van der Waals surface area contributed by atoms with Gasteiger partial charge in [0.05, 0.1) is 6.61 Å². The fourth-order valence-corrected chi connectivity index (χ4v) is 1.15. The molecule has 2 atom stereocenters. The highest BCUT2D eigenvalue weighted by molar-refractivity contribution is 5.75. The van der Waals surface area contributed by atoms with Crippen molar-refractivity contribution in [3.63, 3.8) is 0 Å². The van der Waals surface area contributed by atoms with Gasteiger partial charge in [-0.15, -0.1) is 0 Å². The van der Waals surface area contributed by atoms with Crippen molar-refractivity contribution in [3.05, 3.63) is 23.7 Å². The predicted octanol–water partition coefficient (Wildman–Crippen LogP) is -0.271. The Kier molecular flexibility index (Phi) is 4.48. The minimum atomic E-state index is -1.70. The van der Waals surface area contributed by atoms with Crippen LogP contribution in [-0.4, -0.2) is 34.0 Å². The van der Waals surface area contributed by atoms with Crippen molar-refractivity contribution in [3.8, 4) is 0 Å². The van der Waals surface area contributed by atoms with Crippen molar-refractivity contribution >= 4 is 5.97 Å². The smallest absolute Gasteiger partial charge is 0.338 e. The topological polar surface area (TPSA) is 100 Å². The summed E-state index contributed by atoms with van der Waals surface area (Å²) in [5.41, 5.74) is 0. The van der Waals surface area contributed by atoms with Gasteiger partial charge in [0, 0.05) is 0 Å². The van der Waals surface area contributed by atoms with Crippen LogP contribution in [0.1, 0.15) is 24.5 Å². The molecular weight excluding hydrogens is 216 g/mol. The van der Waals surface area contributed by atoms with Crippen molar-refractivity contribution in [1.82, 2.24) is 0 Å². The summed E-state index contributed by atoms with van der Waals surface area (Å²) in [5, 5.41) is 27.7. The molecule has 1 heterocycles. The van der Waals surface area contributed by atoms with Crippen molar-refractivity contribution < 1.29 is 29.3 Å². The third kappa shape index (κ3) is 2.82. The van der Waals surface area contributed by atoms with Crippen LogP contribution in [0.5, 0.6) is 0 Å². The molecule has 90 valence electrons. The van der Waals surface area contributed by atoms with Crippen LogP contribution in [0.4, 0.5) is 0 Å². The molecule has 1 aromatic heterocycles. The normalized spacial score (nSPS) is 14.5. The van der Waals surface area contributed by atoms with Gasteiger partial charge < -0.3 is 24.5 Å². The highest BCUT2D eigenvalue weighted by Crippen LogP contribution is 2.20. The number of carbonyl (C=O) groups is 1. The summed E-state index contributed by atoms with van der Waals surface area (Å²) in [6, 6.07) is 2.81. The number of hydrogen-bond acceptors (Lipinski definition) is 6. The van der Waals surface area contributed by atoms with E-state index in [1.54, 1.807) is 6.92 Å². The molecule has 0 aliphatic rings. The van der Waals surface area contributed by atoms with Crippen LogP contribution in [0.3, 0.4) is 0 Å². The summed E-state index contributed by atoms with van der Waals surface area (Å²) in [7, 11) is 0. The third-order valence-corrected chi connectivity index (χ3v) is 1.96. The molecule has 0 aromatic carbocycles. The van der Waals surface area contributed by atoms with E-state index in [1.165, 1.54) is 12.1 Å². The Labute approximate surface area is 92.1 Å². The largest absolute Gasteiger partial charge is 0.464 e. The summed E-state index contributed by atoms with van der Waals surface area (Å²) >= 11 is 0. The number of esters is 1. The van der Waals surface area contributed by atoms with E-state index in [2.05, 4.69) is 4.74 Å². The molecule has 1 aromatic rings. The Morgan fingerprint density at radius 3 is 2.69 bits per heavy atom. The fourth-order valence-electron chi connectivity index (χ4n) is 1.15. The van der Waals surface area contributed by atoms with Gasteiger partial charge in [-0.1, -0.05) is 0 Å². The van der Waals surface area contributed by atoms with E-state index in [9.17, 15) is 15.0 Å². The van der Waals surface area contributed by atoms with Crippen LogP contribution >= 0.6 is 0 Å². The van der Waals surface area contributed by atoms with Crippen molar-refractivity contribution in [2.24, 2.45) is 0 Å². The number of aliphatic hydroxyl groups excluding tert-OH is 3. The lowest BCUT2D eigenvalue weighted by atomic mass is 10.1. The minimum Gasteiger partial charge on any atom is -0.464 e. The van der Waals surface area contributed by atoms with E-state index in [-0.39, 0.29) is 24.7 Å². The van der Waals surface area contributed by atoms with Gasteiger partial charge in [0.25, 0.3) is 0 Å². The van der Waals surface area contributed by atoms with E-state index in [1.807, 2.05) is 0 Å². The number of aliphatic hydroxyl groups is 3. The molecule has 0 saturated carbocycles. The van der Waals surface area contributed by atoms with E-state index < -0.39 is 18.2 Å². The summed E-state index contributed by atoms with van der Waals surface area (Å²) < 4.78 is 9.52. The Bertz CT molecular complexity index is 345. The molecule has 1 rings (SSSR count). The molecular formula is C10H14O6. The maximum absolute atomic E-state index is 11.1. The maximum atomic E-state index is 11.1. The van der Waals surface area contributed by atoms with E-state index in [0.717, 1.165) is 0 Å². The predicted molar refractivity (Wildman–Crippen MR) is 52.2 cm³/mol. The molecule has 3 N–H and O–H groups in total. The molecule has 6 nitrogen and oxygen atoms in total. The Morgan fingerprint density at radius 2 is 2.19 bits per heavy atom. The van der Waals surface area contributed by atoms with Gasteiger partial charge in [-0.25, -0.2) is 4.79 Å². The minimum absolute atomic E-state index is 0.00426. The molecule has 0 bridgehead atoms. The molecule has 0 spiro atoms. The first-order valence-electron chi connectivity index (χ1n) is 4.82. The van der Waals surface area contributed by atoms with Crippen LogP contribution < -0.4 is 0 Å². The van der Waals surface area contributed by atoms with Gasteiger partial charge in [0.1, 0.15) is 24.2 Å². The molecule has 0 aliphatic heterocycles. The van der Waals surface area contributed by atoms with Crippen molar-refractivity contribution in [2.45, 2.75) is 25.7 Å². The lowest BCUT2D eigenvalue weighted by Gasteiger charge is -2.14. The van der Waals surface area contributed by atoms with Crippen LogP contribution in [0.15, 0.2) is 16.5 Å². The van der Waals surface area contributed by atoms with Crippen molar-refractivity contribution in [2.75, 3.05) is 6.61 Å².